The lowest BCUT2D eigenvalue weighted by Crippen LogP contribution is -2.04. The summed E-state index contributed by atoms with van der Waals surface area (Å²) in [4.78, 5) is 11.9. The summed E-state index contributed by atoms with van der Waals surface area (Å²) in [7, 11) is 0. The maximum atomic E-state index is 11.9. The van der Waals surface area contributed by atoms with Crippen LogP contribution in [-0.4, -0.2) is 5.78 Å². The van der Waals surface area contributed by atoms with Crippen LogP contribution in [0.5, 0.6) is 0 Å². The Morgan fingerprint density at radius 3 is 2.43 bits per heavy atom. The van der Waals surface area contributed by atoms with Crippen LogP contribution in [0.2, 0.25) is 0 Å². The topological polar surface area (TPSA) is 17.1 Å². The highest BCUT2D eigenvalue weighted by Crippen LogP contribution is 2.26. The van der Waals surface area contributed by atoms with Crippen molar-refractivity contribution in [2.75, 3.05) is 0 Å². The largest absolute Gasteiger partial charge is 0.294 e. The SMILES string of the molecule is Cc1ccc(C)c2c1CCCCC2=O. The third-order valence-electron chi connectivity index (χ3n) is 3.11. The molecule has 1 aromatic rings. The molecule has 0 heterocycles. The first-order chi connectivity index (χ1) is 6.70. The van der Waals surface area contributed by atoms with Crippen molar-refractivity contribution in [2.45, 2.75) is 39.5 Å². The first-order valence-corrected chi connectivity index (χ1v) is 5.32. The lowest BCUT2D eigenvalue weighted by molar-refractivity contribution is 0.0981. The number of Topliss-reactive ketones (excluding diaryl/α,β-unsaturated/α-hetero) is 1. The molecular formula is C13H16O. The van der Waals surface area contributed by atoms with Crippen molar-refractivity contribution in [3.8, 4) is 0 Å². The van der Waals surface area contributed by atoms with Gasteiger partial charge in [0.1, 0.15) is 0 Å². The number of aryl methyl sites for hydroxylation is 2. The van der Waals surface area contributed by atoms with Gasteiger partial charge in [0.25, 0.3) is 0 Å². The molecule has 1 aromatic carbocycles. The Hall–Kier alpha value is -1.11. The van der Waals surface area contributed by atoms with Crippen LogP contribution in [0, 0.1) is 13.8 Å². The first-order valence-electron chi connectivity index (χ1n) is 5.32. The molecule has 0 spiro atoms. The molecule has 0 saturated carbocycles. The first kappa shape index (κ1) is 9.45. The number of hydrogen-bond donors (Lipinski definition) is 0. The highest BCUT2D eigenvalue weighted by atomic mass is 16.1. The standard InChI is InChI=1S/C13H16O/c1-9-7-8-10(2)13-11(9)5-3-4-6-12(13)14/h7-8H,3-6H2,1-2H3. The van der Waals surface area contributed by atoms with Crippen LogP contribution < -0.4 is 0 Å². The van der Waals surface area contributed by atoms with E-state index in [0.717, 1.165) is 36.8 Å². The van der Waals surface area contributed by atoms with Crippen LogP contribution in [0.3, 0.4) is 0 Å². The molecule has 1 nitrogen and oxygen atoms in total. The zero-order chi connectivity index (χ0) is 10.1. The van der Waals surface area contributed by atoms with E-state index in [4.69, 9.17) is 0 Å². The fourth-order valence-electron chi connectivity index (χ4n) is 2.29. The zero-order valence-corrected chi connectivity index (χ0v) is 8.89. The Labute approximate surface area is 85.1 Å². The molecule has 14 heavy (non-hydrogen) atoms. The van der Waals surface area contributed by atoms with Crippen LogP contribution in [0.25, 0.3) is 0 Å². The number of fused-ring (bicyclic) bond motifs is 1. The van der Waals surface area contributed by atoms with Gasteiger partial charge in [0.15, 0.2) is 5.78 Å². The van der Waals surface area contributed by atoms with E-state index in [1.165, 1.54) is 11.1 Å². The average Bonchev–Trinajstić information content (AvgIpc) is 2.35. The lowest BCUT2D eigenvalue weighted by Gasteiger charge is -2.11. The fourth-order valence-corrected chi connectivity index (χ4v) is 2.29. The molecule has 0 amide bonds. The van der Waals surface area contributed by atoms with Crippen LogP contribution in [0.15, 0.2) is 12.1 Å². The lowest BCUT2D eigenvalue weighted by atomic mass is 9.93. The summed E-state index contributed by atoms with van der Waals surface area (Å²) in [5.74, 6) is 0.346. The highest BCUT2D eigenvalue weighted by Gasteiger charge is 2.18. The Morgan fingerprint density at radius 1 is 1.00 bits per heavy atom. The minimum atomic E-state index is 0.346. The van der Waals surface area contributed by atoms with Gasteiger partial charge in [-0.1, -0.05) is 12.1 Å². The second kappa shape index (κ2) is 3.56. The van der Waals surface area contributed by atoms with Crippen molar-refractivity contribution >= 4 is 5.78 Å². The molecule has 0 fully saturated rings. The molecule has 0 bridgehead atoms. The molecule has 0 aromatic heterocycles. The summed E-state index contributed by atoms with van der Waals surface area (Å²) < 4.78 is 0. The molecule has 1 aliphatic rings. The maximum Gasteiger partial charge on any atom is 0.163 e. The normalized spacial score (nSPS) is 16.3. The van der Waals surface area contributed by atoms with Crippen LogP contribution in [0.4, 0.5) is 0 Å². The Bertz CT molecular complexity index is 377. The van der Waals surface area contributed by atoms with Gasteiger partial charge in [-0.3, -0.25) is 4.79 Å². The molecule has 0 aliphatic heterocycles. The second-order valence-corrected chi connectivity index (χ2v) is 4.18. The number of carbonyl (C=O) groups excluding carboxylic acids is 1. The summed E-state index contributed by atoms with van der Waals surface area (Å²) in [6.07, 6.45) is 4.02. The quantitative estimate of drug-likeness (QED) is 0.571. The van der Waals surface area contributed by atoms with Crippen molar-refractivity contribution in [1.82, 2.24) is 0 Å². The van der Waals surface area contributed by atoms with Gasteiger partial charge in [-0.2, -0.15) is 0 Å². The molecule has 0 unspecified atom stereocenters. The van der Waals surface area contributed by atoms with Crippen molar-refractivity contribution in [3.63, 3.8) is 0 Å². The van der Waals surface area contributed by atoms with Gasteiger partial charge >= 0.3 is 0 Å². The molecule has 0 N–H and O–H groups in total. The van der Waals surface area contributed by atoms with E-state index in [2.05, 4.69) is 19.1 Å². The molecule has 74 valence electrons. The number of hydrogen-bond acceptors (Lipinski definition) is 1. The van der Waals surface area contributed by atoms with E-state index in [1.807, 2.05) is 6.92 Å². The Balaban J connectivity index is 2.62. The van der Waals surface area contributed by atoms with Gasteiger partial charge in [0.05, 0.1) is 0 Å². The maximum absolute atomic E-state index is 11.9. The van der Waals surface area contributed by atoms with Crippen LogP contribution in [0.1, 0.15) is 46.3 Å². The predicted molar refractivity (Wildman–Crippen MR) is 57.8 cm³/mol. The van der Waals surface area contributed by atoms with Gasteiger partial charge in [0, 0.05) is 12.0 Å². The molecule has 2 rings (SSSR count). The van der Waals surface area contributed by atoms with Gasteiger partial charge in [-0.05, 0) is 49.8 Å². The van der Waals surface area contributed by atoms with Gasteiger partial charge in [0.2, 0.25) is 0 Å². The molecule has 0 saturated heterocycles. The third-order valence-corrected chi connectivity index (χ3v) is 3.11. The monoisotopic (exact) mass is 188 g/mol. The molecule has 0 radical (unpaired) electrons. The predicted octanol–water partition coefficient (Wildman–Crippen LogP) is 3.21. The van der Waals surface area contributed by atoms with Crippen LogP contribution >= 0.6 is 0 Å². The molecule has 1 heteroatoms. The van der Waals surface area contributed by atoms with Crippen molar-refractivity contribution in [1.29, 1.82) is 0 Å². The summed E-state index contributed by atoms with van der Waals surface area (Å²) in [5.41, 5.74) is 4.74. The fraction of sp³-hybridized carbons (Fsp3) is 0.462. The van der Waals surface area contributed by atoms with Crippen molar-refractivity contribution < 1.29 is 4.79 Å². The summed E-state index contributed by atoms with van der Waals surface area (Å²) >= 11 is 0. The number of benzene rings is 1. The number of ketones is 1. The van der Waals surface area contributed by atoms with Gasteiger partial charge in [-0.25, -0.2) is 0 Å². The number of carbonyl (C=O) groups is 1. The summed E-state index contributed by atoms with van der Waals surface area (Å²) in [5, 5.41) is 0. The van der Waals surface area contributed by atoms with Gasteiger partial charge < -0.3 is 0 Å². The Kier molecular flexibility index (Phi) is 2.40. The Morgan fingerprint density at radius 2 is 1.64 bits per heavy atom. The molecular weight excluding hydrogens is 172 g/mol. The van der Waals surface area contributed by atoms with E-state index in [1.54, 1.807) is 0 Å². The van der Waals surface area contributed by atoms with E-state index in [9.17, 15) is 4.79 Å². The molecule has 1 aliphatic carbocycles. The minimum absolute atomic E-state index is 0.346. The number of rotatable bonds is 0. The van der Waals surface area contributed by atoms with Crippen molar-refractivity contribution in [2.24, 2.45) is 0 Å². The van der Waals surface area contributed by atoms with E-state index in [-0.39, 0.29) is 0 Å². The zero-order valence-electron chi connectivity index (χ0n) is 8.89. The summed E-state index contributed by atoms with van der Waals surface area (Å²) in [6, 6.07) is 4.20. The smallest absolute Gasteiger partial charge is 0.163 e. The molecule has 0 atom stereocenters. The average molecular weight is 188 g/mol. The third kappa shape index (κ3) is 1.47. The van der Waals surface area contributed by atoms with E-state index in [0.29, 0.717) is 5.78 Å². The summed E-state index contributed by atoms with van der Waals surface area (Å²) in [6.45, 7) is 4.15. The second-order valence-electron chi connectivity index (χ2n) is 4.18. The van der Waals surface area contributed by atoms with E-state index < -0.39 is 0 Å². The van der Waals surface area contributed by atoms with Gasteiger partial charge in [-0.15, -0.1) is 0 Å². The highest BCUT2D eigenvalue weighted by molar-refractivity contribution is 5.99. The van der Waals surface area contributed by atoms with E-state index >= 15 is 0 Å². The van der Waals surface area contributed by atoms with Crippen molar-refractivity contribution in [3.05, 3.63) is 34.4 Å². The van der Waals surface area contributed by atoms with Crippen LogP contribution in [-0.2, 0) is 6.42 Å². The minimum Gasteiger partial charge on any atom is -0.294 e.